The second-order valence-electron chi connectivity index (χ2n) is 11.3. The quantitative estimate of drug-likeness (QED) is 0.377. The summed E-state index contributed by atoms with van der Waals surface area (Å²) in [5.41, 5.74) is 10.2. The average molecular weight is 425 g/mol. The SMILES string of the molecule is Cc1cc(C2CCCC2)cc(-c2c3ccc(C4CC5CCC4C5)cc3cc(C)[n+]2C)c1C. The molecule has 0 aliphatic heterocycles. The number of aromatic nitrogens is 1. The van der Waals surface area contributed by atoms with E-state index in [9.17, 15) is 0 Å². The standard InChI is InChI=1S/C31H38N/c1-19-13-26(23-7-5-6-8-23)18-29(21(19)3)31-28-12-11-25(17-27(28)14-20(2)32(31)4)30-16-22-9-10-24(30)15-22/h11-14,17-18,22-24,30H,5-10,15-16H2,1-4H3/q+1. The Morgan fingerprint density at radius 3 is 2.34 bits per heavy atom. The molecule has 3 fully saturated rings. The molecule has 1 aromatic heterocycles. The molecule has 3 aromatic rings. The highest BCUT2D eigenvalue weighted by molar-refractivity contribution is 5.94. The maximum absolute atomic E-state index is 2.54. The van der Waals surface area contributed by atoms with Crippen LogP contribution in [0.25, 0.3) is 22.0 Å². The number of fused-ring (bicyclic) bond motifs is 3. The average Bonchev–Trinajstić information content (AvgIpc) is 3.55. The molecule has 0 saturated heterocycles. The molecule has 0 spiro atoms. The van der Waals surface area contributed by atoms with Crippen LogP contribution in [0.3, 0.4) is 0 Å². The summed E-state index contributed by atoms with van der Waals surface area (Å²) in [4.78, 5) is 0. The van der Waals surface area contributed by atoms with Crippen LogP contribution in [-0.2, 0) is 7.05 Å². The third kappa shape index (κ3) is 3.23. The van der Waals surface area contributed by atoms with E-state index in [1.165, 1.54) is 90.2 Å². The first-order valence-corrected chi connectivity index (χ1v) is 13.0. The smallest absolute Gasteiger partial charge is 0.198 e. The van der Waals surface area contributed by atoms with Crippen molar-refractivity contribution >= 4 is 10.8 Å². The van der Waals surface area contributed by atoms with E-state index in [0.717, 1.165) is 23.7 Å². The van der Waals surface area contributed by atoms with Gasteiger partial charge in [-0.1, -0.05) is 37.5 Å². The fraction of sp³-hybridized carbons (Fsp3) is 0.516. The molecule has 32 heavy (non-hydrogen) atoms. The summed E-state index contributed by atoms with van der Waals surface area (Å²) in [7, 11) is 2.25. The van der Waals surface area contributed by atoms with Gasteiger partial charge in [-0.05, 0) is 109 Å². The van der Waals surface area contributed by atoms with Crippen LogP contribution in [0.4, 0.5) is 0 Å². The predicted octanol–water partition coefficient (Wildman–Crippen LogP) is 7.82. The highest BCUT2D eigenvalue weighted by Gasteiger charge is 2.40. The second kappa shape index (κ2) is 7.72. The van der Waals surface area contributed by atoms with Crippen molar-refractivity contribution in [2.75, 3.05) is 0 Å². The summed E-state index contributed by atoms with van der Waals surface area (Å²) in [6.45, 7) is 6.90. The van der Waals surface area contributed by atoms with Gasteiger partial charge in [-0.15, -0.1) is 0 Å². The summed E-state index contributed by atoms with van der Waals surface area (Å²) < 4.78 is 2.43. The summed E-state index contributed by atoms with van der Waals surface area (Å²) in [6, 6.07) is 14.9. The summed E-state index contributed by atoms with van der Waals surface area (Å²) >= 11 is 0. The number of benzene rings is 2. The molecule has 1 nitrogen and oxygen atoms in total. The number of nitrogens with zero attached hydrogens (tertiary/aromatic N) is 1. The maximum Gasteiger partial charge on any atom is 0.220 e. The van der Waals surface area contributed by atoms with Crippen molar-refractivity contribution < 1.29 is 4.57 Å². The molecule has 3 atom stereocenters. The zero-order valence-electron chi connectivity index (χ0n) is 20.4. The first-order valence-electron chi connectivity index (χ1n) is 13.0. The van der Waals surface area contributed by atoms with Gasteiger partial charge < -0.3 is 0 Å². The van der Waals surface area contributed by atoms with Crippen molar-refractivity contribution in [1.82, 2.24) is 0 Å². The maximum atomic E-state index is 2.54. The molecule has 1 heterocycles. The van der Waals surface area contributed by atoms with Crippen LogP contribution in [0.15, 0.2) is 36.4 Å². The number of pyridine rings is 1. The van der Waals surface area contributed by atoms with E-state index < -0.39 is 0 Å². The lowest BCUT2D eigenvalue weighted by Gasteiger charge is -2.22. The van der Waals surface area contributed by atoms with E-state index in [0.29, 0.717) is 0 Å². The van der Waals surface area contributed by atoms with Gasteiger partial charge in [0, 0.05) is 13.0 Å². The predicted molar refractivity (Wildman–Crippen MR) is 134 cm³/mol. The zero-order chi connectivity index (χ0) is 22.0. The van der Waals surface area contributed by atoms with Gasteiger partial charge in [0.05, 0.1) is 10.9 Å². The highest BCUT2D eigenvalue weighted by Crippen LogP contribution is 2.53. The number of aryl methyl sites for hydroxylation is 2. The molecule has 6 rings (SSSR count). The Balaban J connectivity index is 1.51. The summed E-state index contributed by atoms with van der Waals surface area (Å²) in [6.07, 6.45) is 11.3. The van der Waals surface area contributed by atoms with Gasteiger partial charge in [0.2, 0.25) is 5.69 Å². The van der Waals surface area contributed by atoms with Crippen molar-refractivity contribution in [3.63, 3.8) is 0 Å². The van der Waals surface area contributed by atoms with E-state index in [2.05, 4.69) is 68.8 Å². The first kappa shape index (κ1) is 20.5. The van der Waals surface area contributed by atoms with Crippen LogP contribution in [0.2, 0.25) is 0 Å². The van der Waals surface area contributed by atoms with Crippen molar-refractivity contribution in [3.05, 3.63) is 64.3 Å². The third-order valence-corrected chi connectivity index (χ3v) is 9.50. The van der Waals surface area contributed by atoms with E-state index in [1.54, 1.807) is 11.1 Å². The summed E-state index contributed by atoms with van der Waals surface area (Å²) in [5, 5.41) is 2.84. The lowest BCUT2D eigenvalue weighted by atomic mass is 9.82. The first-order chi connectivity index (χ1) is 15.5. The lowest BCUT2D eigenvalue weighted by molar-refractivity contribution is -0.665. The van der Waals surface area contributed by atoms with E-state index in [4.69, 9.17) is 0 Å². The molecule has 3 aliphatic rings. The molecule has 0 amide bonds. The zero-order valence-corrected chi connectivity index (χ0v) is 20.4. The van der Waals surface area contributed by atoms with Gasteiger partial charge in [0.15, 0.2) is 5.69 Å². The molecule has 3 unspecified atom stereocenters. The molecule has 1 heteroatoms. The van der Waals surface area contributed by atoms with Crippen LogP contribution in [-0.4, -0.2) is 0 Å². The van der Waals surface area contributed by atoms with Crippen LogP contribution >= 0.6 is 0 Å². The van der Waals surface area contributed by atoms with Crippen LogP contribution in [0.1, 0.15) is 91.2 Å². The third-order valence-electron chi connectivity index (χ3n) is 9.50. The summed E-state index contributed by atoms with van der Waals surface area (Å²) in [5.74, 6) is 3.48. The molecular formula is C31H38N+. The highest BCUT2D eigenvalue weighted by atomic mass is 14.9. The minimum Gasteiger partial charge on any atom is -0.198 e. The molecule has 3 saturated carbocycles. The van der Waals surface area contributed by atoms with Crippen molar-refractivity contribution in [1.29, 1.82) is 0 Å². The Labute approximate surface area is 193 Å². The van der Waals surface area contributed by atoms with Gasteiger partial charge in [-0.3, -0.25) is 0 Å². The number of hydrogen-bond donors (Lipinski definition) is 0. The van der Waals surface area contributed by atoms with Gasteiger partial charge >= 0.3 is 0 Å². The molecule has 2 aromatic carbocycles. The molecule has 0 radical (unpaired) electrons. The largest absolute Gasteiger partial charge is 0.220 e. The van der Waals surface area contributed by atoms with Gasteiger partial charge in [-0.25, -0.2) is 0 Å². The Morgan fingerprint density at radius 1 is 0.812 bits per heavy atom. The van der Waals surface area contributed by atoms with E-state index >= 15 is 0 Å². The number of rotatable bonds is 3. The minimum absolute atomic E-state index is 0.749. The molecule has 166 valence electrons. The van der Waals surface area contributed by atoms with Crippen molar-refractivity contribution in [3.8, 4) is 11.3 Å². The topological polar surface area (TPSA) is 3.88 Å². The number of hydrogen-bond acceptors (Lipinski definition) is 0. The van der Waals surface area contributed by atoms with Crippen LogP contribution in [0.5, 0.6) is 0 Å². The van der Waals surface area contributed by atoms with Crippen LogP contribution < -0.4 is 4.57 Å². The van der Waals surface area contributed by atoms with Crippen molar-refractivity contribution in [2.24, 2.45) is 18.9 Å². The second-order valence-corrected chi connectivity index (χ2v) is 11.3. The normalized spacial score (nSPS) is 25.3. The van der Waals surface area contributed by atoms with E-state index in [1.807, 2.05) is 0 Å². The monoisotopic (exact) mass is 424 g/mol. The van der Waals surface area contributed by atoms with Gasteiger partial charge in [-0.2, -0.15) is 4.57 Å². The fourth-order valence-corrected chi connectivity index (χ4v) is 7.43. The molecular weight excluding hydrogens is 386 g/mol. The fourth-order valence-electron chi connectivity index (χ4n) is 7.43. The van der Waals surface area contributed by atoms with Gasteiger partial charge in [0.1, 0.15) is 7.05 Å². The Bertz CT molecular complexity index is 1200. The molecule has 2 bridgehead atoms. The Morgan fingerprint density at radius 2 is 1.62 bits per heavy atom. The van der Waals surface area contributed by atoms with Crippen molar-refractivity contribution in [2.45, 2.75) is 84.0 Å². The Hall–Kier alpha value is -2.15. The Kier molecular flexibility index (Phi) is 4.93. The minimum atomic E-state index is 0.749. The molecule has 3 aliphatic carbocycles. The lowest BCUT2D eigenvalue weighted by Crippen LogP contribution is -2.35. The van der Waals surface area contributed by atoms with Crippen LogP contribution in [0, 0.1) is 32.6 Å². The van der Waals surface area contributed by atoms with Gasteiger partial charge in [0.25, 0.3) is 0 Å². The van der Waals surface area contributed by atoms with E-state index in [-0.39, 0.29) is 0 Å². The molecule has 0 N–H and O–H groups in total.